The van der Waals surface area contributed by atoms with Gasteiger partial charge in [0.2, 0.25) is 0 Å². The molecule has 0 aliphatic heterocycles. The van der Waals surface area contributed by atoms with Crippen LogP contribution in [0.1, 0.15) is 24.4 Å². The average molecular weight is 234 g/mol. The number of aromatic nitrogens is 1. The molecule has 0 bridgehead atoms. The fourth-order valence-corrected chi connectivity index (χ4v) is 1.80. The van der Waals surface area contributed by atoms with Crippen LogP contribution in [0, 0.1) is 5.82 Å². The molecule has 1 N–H and O–H groups in total. The number of pyridine rings is 1. The molecule has 2 heterocycles. The number of rotatable bonds is 5. The van der Waals surface area contributed by atoms with E-state index in [0.29, 0.717) is 12.1 Å². The summed E-state index contributed by atoms with van der Waals surface area (Å²) in [6.45, 7) is 2.73. The third kappa shape index (κ3) is 2.91. The van der Waals surface area contributed by atoms with Gasteiger partial charge in [0.1, 0.15) is 11.6 Å². The molecule has 0 aliphatic rings. The summed E-state index contributed by atoms with van der Waals surface area (Å²) in [5.74, 6) is 0.533. The van der Waals surface area contributed by atoms with Crippen LogP contribution in [0.4, 0.5) is 4.39 Å². The number of hydrogen-bond acceptors (Lipinski definition) is 3. The van der Waals surface area contributed by atoms with Crippen molar-refractivity contribution < 1.29 is 8.81 Å². The molecule has 2 rings (SSSR count). The minimum Gasteiger partial charge on any atom is -0.469 e. The summed E-state index contributed by atoms with van der Waals surface area (Å²) in [6, 6.07) is 6.56. The van der Waals surface area contributed by atoms with Gasteiger partial charge >= 0.3 is 0 Å². The van der Waals surface area contributed by atoms with Gasteiger partial charge in [-0.15, -0.1) is 0 Å². The first kappa shape index (κ1) is 11.8. The van der Waals surface area contributed by atoms with Crippen LogP contribution in [0.25, 0.3) is 0 Å². The lowest BCUT2D eigenvalue weighted by Gasteiger charge is -2.16. The zero-order valence-corrected chi connectivity index (χ0v) is 9.69. The fourth-order valence-electron chi connectivity index (χ4n) is 1.80. The van der Waals surface area contributed by atoms with Gasteiger partial charge in [-0.05, 0) is 30.8 Å². The largest absolute Gasteiger partial charge is 0.469 e. The van der Waals surface area contributed by atoms with E-state index in [9.17, 15) is 4.39 Å². The summed E-state index contributed by atoms with van der Waals surface area (Å²) >= 11 is 0. The highest BCUT2D eigenvalue weighted by molar-refractivity contribution is 5.14. The fraction of sp³-hybridized carbons (Fsp3) is 0.308. The van der Waals surface area contributed by atoms with E-state index in [-0.39, 0.29) is 11.9 Å². The van der Waals surface area contributed by atoms with Gasteiger partial charge < -0.3 is 9.73 Å². The van der Waals surface area contributed by atoms with Crippen LogP contribution in [0.3, 0.4) is 0 Å². The molecule has 0 amide bonds. The van der Waals surface area contributed by atoms with E-state index in [0.717, 1.165) is 12.3 Å². The maximum absolute atomic E-state index is 13.7. The summed E-state index contributed by atoms with van der Waals surface area (Å²) in [5, 5.41) is 3.22. The molecule has 0 aromatic carbocycles. The molecule has 2 aromatic heterocycles. The summed E-state index contributed by atoms with van der Waals surface area (Å²) in [5.41, 5.74) is 0.436. The molecule has 1 unspecified atom stereocenters. The average Bonchev–Trinajstić information content (AvgIpc) is 2.82. The van der Waals surface area contributed by atoms with Crippen molar-refractivity contribution in [2.45, 2.75) is 19.4 Å². The molecule has 17 heavy (non-hydrogen) atoms. The van der Waals surface area contributed by atoms with Gasteiger partial charge in [-0.2, -0.15) is 0 Å². The van der Waals surface area contributed by atoms with Crippen molar-refractivity contribution in [3.05, 3.63) is 54.0 Å². The van der Waals surface area contributed by atoms with Crippen molar-refractivity contribution >= 4 is 0 Å². The number of nitrogens with zero attached hydrogens (tertiary/aromatic N) is 1. The molecule has 0 spiro atoms. The molecular formula is C13H15FN2O. The van der Waals surface area contributed by atoms with Crippen molar-refractivity contribution in [1.29, 1.82) is 0 Å². The van der Waals surface area contributed by atoms with Crippen LogP contribution in [-0.4, -0.2) is 11.5 Å². The Labute approximate surface area is 99.7 Å². The minimum absolute atomic E-state index is 0.160. The molecule has 0 aliphatic carbocycles. The Kier molecular flexibility index (Phi) is 3.88. The Hall–Kier alpha value is -1.68. The molecule has 4 heteroatoms. The lowest BCUT2D eigenvalue weighted by atomic mass is 10.1. The number of halogens is 1. The predicted octanol–water partition coefficient (Wildman–Crippen LogP) is 2.71. The second-order valence-corrected chi connectivity index (χ2v) is 3.76. The highest BCUT2D eigenvalue weighted by Crippen LogP contribution is 2.19. The number of nitrogens with one attached hydrogen (secondary N) is 1. The predicted molar refractivity (Wildman–Crippen MR) is 63.0 cm³/mol. The number of likely N-dealkylation sites (N-methyl/N-ethyl adjacent to an activating group) is 1. The topological polar surface area (TPSA) is 38.1 Å². The van der Waals surface area contributed by atoms with Crippen LogP contribution in [0.15, 0.2) is 41.1 Å². The van der Waals surface area contributed by atoms with Gasteiger partial charge in [0.25, 0.3) is 0 Å². The SMILES string of the molecule is CCNC(Cc1ccco1)c1ncccc1F. The van der Waals surface area contributed by atoms with Crippen LogP contribution >= 0.6 is 0 Å². The molecule has 0 fully saturated rings. The Morgan fingerprint density at radius 1 is 1.41 bits per heavy atom. The second-order valence-electron chi connectivity index (χ2n) is 3.76. The van der Waals surface area contributed by atoms with Crippen molar-refractivity contribution in [3.63, 3.8) is 0 Å². The van der Waals surface area contributed by atoms with E-state index in [2.05, 4.69) is 10.3 Å². The molecular weight excluding hydrogens is 219 g/mol. The normalized spacial score (nSPS) is 12.6. The minimum atomic E-state index is -0.287. The Morgan fingerprint density at radius 2 is 2.29 bits per heavy atom. The van der Waals surface area contributed by atoms with Crippen LogP contribution in [0.5, 0.6) is 0 Å². The standard InChI is InChI=1S/C13H15FN2O/c1-2-15-12(9-10-5-4-8-17-10)13-11(14)6-3-7-16-13/h3-8,12,15H,2,9H2,1H3. The zero-order valence-electron chi connectivity index (χ0n) is 9.69. The maximum Gasteiger partial charge on any atom is 0.146 e. The summed E-state index contributed by atoms with van der Waals surface area (Å²) < 4.78 is 18.9. The van der Waals surface area contributed by atoms with E-state index in [1.54, 1.807) is 18.5 Å². The lowest BCUT2D eigenvalue weighted by molar-refractivity contribution is 0.436. The Morgan fingerprint density at radius 3 is 2.94 bits per heavy atom. The van der Waals surface area contributed by atoms with Crippen LogP contribution < -0.4 is 5.32 Å². The van der Waals surface area contributed by atoms with Crippen LogP contribution in [-0.2, 0) is 6.42 Å². The smallest absolute Gasteiger partial charge is 0.146 e. The van der Waals surface area contributed by atoms with Crippen molar-refractivity contribution in [1.82, 2.24) is 10.3 Å². The van der Waals surface area contributed by atoms with Gasteiger partial charge in [0, 0.05) is 12.6 Å². The van der Waals surface area contributed by atoms with Gasteiger partial charge in [-0.25, -0.2) is 4.39 Å². The molecule has 0 radical (unpaired) electrons. The quantitative estimate of drug-likeness (QED) is 0.864. The van der Waals surface area contributed by atoms with Gasteiger partial charge in [0.05, 0.1) is 18.0 Å². The molecule has 2 aromatic rings. The van der Waals surface area contributed by atoms with Gasteiger partial charge in [-0.3, -0.25) is 4.98 Å². The number of furan rings is 1. The number of hydrogen-bond donors (Lipinski definition) is 1. The zero-order chi connectivity index (χ0) is 12.1. The molecule has 0 saturated carbocycles. The van der Waals surface area contributed by atoms with E-state index in [1.807, 2.05) is 19.1 Å². The van der Waals surface area contributed by atoms with Crippen molar-refractivity contribution in [2.75, 3.05) is 6.54 Å². The third-order valence-electron chi connectivity index (χ3n) is 2.55. The summed E-state index contributed by atoms with van der Waals surface area (Å²) in [4.78, 5) is 4.10. The monoisotopic (exact) mass is 234 g/mol. The van der Waals surface area contributed by atoms with E-state index < -0.39 is 0 Å². The Bertz CT molecular complexity index is 456. The van der Waals surface area contributed by atoms with Crippen LogP contribution in [0.2, 0.25) is 0 Å². The van der Waals surface area contributed by atoms with E-state index in [1.165, 1.54) is 6.07 Å². The first-order valence-corrected chi connectivity index (χ1v) is 5.67. The first-order valence-electron chi connectivity index (χ1n) is 5.67. The van der Waals surface area contributed by atoms with Crippen molar-refractivity contribution in [2.24, 2.45) is 0 Å². The van der Waals surface area contributed by atoms with E-state index >= 15 is 0 Å². The lowest BCUT2D eigenvalue weighted by Crippen LogP contribution is -2.24. The molecule has 90 valence electrons. The molecule has 3 nitrogen and oxygen atoms in total. The second kappa shape index (κ2) is 5.59. The first-order chi connectivity index (χ1) is 8.31. The summed E-state index contributed by atoms with van der Waals surface area (Å²) in [6.07, 6.45) is 3.81. The Balaban J connectivity index is 2.20. The van der Waals surface area contributed by atoms with Gasteiger partial charge in [-0.1, -0.05) is 6.92 Å². The highest BCUT2D eigenvalue weighted by Gasteiger charge is 2.17. The highest BCUT2D eigenvalue weighted by atomic mass is 19.1. The summed E-state index contributed by atoms with van der Waals surface area (Å²) in [7, 11) is 0. The van der Waals surface area contributed by atoms with Crippen molar-refractivity contribution in [3.8, 4) is 0 Å². The third-order valence-corrected chi connectivity index (χ3v) is 2.55. The molecule has 1 atom stereocenters. The molecule has 0 saturated heterocycles. The van der Waals surface area contributed by atoms with E-state index in [4.69, 9.17) is 4.42 Å². The van der Waals surface area contributed by atoms with Gasteiger partial charge in [0.15, 0.2) is 0 Å². The maximum atomic E-state index is 13.7.